The predicted octanol–water partition coefficient (Wildman–Crippen LogP) is 1.04. The fourth-order valence-corrected chi connectivity index (χ4v) is 1.97. The first-order chi connectivity index (χ1) is 8.84. The van der Waals surface area contributed by atoms with E-state index in [-0.39, 0.29) is 5.97 Å². The third-order valence-corrected chi connectivity index (χ3v) is 2.96. The van der Waals surface area contributed by atoms with Crippen LogP contribution in [0.1, 0.15) is 12.0 Å². The monoisotopic (exact) mass is 247 g/mol. The van der Waals surface area contributed by atoms with Crippen molar-refractivity contribution >= 4 is 5.97 Å². The van der Waals surface area contributed by atoms with Gasteiger partial charge in [0.25, 0.3) is 0 Å². The number of benzene rings is 1. The Hall–Kier alpha value is -1.39. The van der Waals surface area contributed by atoms with Gasteiger partial charge in [-0.25, -0.2) is 5.32 Å². The van der Waals surface area contributed by atoms with Crippen LogP contribution in [0, 0.1) is 0 Å². The Morgan fingerprint density at radius 1 is 1.22 bits per heavy atom. The molecule has 18 heavy (non-hydrogen) atoms. The zero-order valence-electron chi connectivity index (χ0n) is 10.5. The van der Waals surface area contributed by atoms with Gasteiger partial charge in [-0.05, 0) is 12.0 Å². The van der Waals surface area contributed by atoms with Crippen molar-refractivity contribution < 1.29 is 9.53 Å². The van der Waals surface area contributed by atoms with E-state index in [0.29, 0.717) is 13.2 Å². The average molecular weight is 247 g/mol. The fraction of sp³-hybridized carbons (Fsp3) is 0.500. The minimum Gasteiger partial charge on any atom is -0.460 e. The van der Waals surface area contributed by atoms with E-state index in [2.05, 4.69) is 10.2 Å². The van der Waals surface area contributed by atoms with Gasteiger partial charge >= 0.3 is 5.97 Å². The summed E-state index contributed by atoms with van der Waals surface area (Å²) in [7, 11) is 0. The zero-order valence-corrected chi connectivity index (χ0v) is 10.5. The van der Waals surface area contributed by atoms with E-state index < -0.39 is 0 Å². The summed E-state index contributed by atoms with van der Waals surface area (Å²) in [5.74, 6) is -0.152. The molecule has 1 aromatic carbocycles. The van der Waals surface area contributed by atoms with Crippen molar-refractivity contribution in [3.05, 3.63) is 35.9 Å². The molecule has 1 aromatic rings. The van der Waals surface area contributed by atoms with Crippen LogP contribution in [0.5, 0.6) is 0 Å². The van der Waals surface area contributed by atoms with Crippen molar-refractivity contribution in [3.63, 3.8) is 0 Å². The van der Waals surface area contributed by atoms with Gasteiger partial charge in [-0.15, -0.1) is 0 Å². The normalized spacial score (nSPS) is 17.1. The smallest absolute Gasteiger partial charge is 0.320 e. The Labute approximate surface area is 108 Å². The molecule has 0 saturated carbocycles. The molecular weight excluding hydrogens is 228 g/mol. The first-order valence-corrected chi connectivity index (χ1v) is 6.40. The van der Waals surface area contributed by atoms with Gasteiger partial charge in [-0.2, -0.15) is 0 Å². The van der Waals surface area contributed by atoms with E-state index in [1.54, 1.807) is 0 Å². The summed E-state index contributed by atoms with van der Waals surface area (Å²) in [5.41, 5.74) is 1.02. The molecule has 1 fully saturated rings. The first kappa shape index (κ1) is 13.1. The molecule has 0 N–H and O–H groups in total. The van der Waals surface area contributed by atoms with Crippen LogP contribution in [0.15, 0.2) is 30.3 Å². The maximum atomic E-state index is 11.7. The van der Waals surface area contributed by atoms with E-state index in [1.807, 2.05) is 30.3 Å². The SMILES string of the molecule is O=C(CN1CCC[N]CC1)OCc1ccccc1. The third-order valence-electron chi connectivity index (χ3n) is 2.96. The summed E-state index contributed by atoms with van der Waals surface area (Å²) in [6, 6.07) is 9.75. The van der Waals surface area contributed by atoms with E-state index in [4.69, 9.17) is 4.74 Å². The van der Waals surface area contributed by atoms with E-state index in [0.717, 1.165) is 38.2 Å². The van der Waals surface area contributed by atoms with Crippen molar-refractivity contribution in [1.29, 1.82) is 0 Å². The van der Waals surface area contributed by atoms with Crippen LogP contribution in [0.2, 0.25) is 0 Å². The third kappa shape index (κ3) is 4.47. The van der Waals surface area contributed by atoms with Crippen LogP contribution < -0.4 is 5.32 Å². The quantitative estimate of drug-likeness (QED) is 0.747. The number of carbonyl (C=O) groups is 1. The second-order valence-electron chi connectivity index (χ2n) is 4.45. The number of carbonyl (C=O) groups excluding carboxylic acids is 1. The standard InChI is InChI=1S/C14H19N2O2/c17-14(11-16-9-4-7-15-8-10-16)18-12-13-5-2-1-3-6-13/h1-3,5-6H,4,7-12H2. The molecule has 4 heteroatoms. The number of rotatable bonds is 4. The number of nitrogens with zero attached hydrogens (tertiary/aromatic N) is 2. The van der Waals surface area contributed by atoms with Crippen molar-refractivity contribution in [2.45, 2.75) is 13.0 Å². The lowest BCUT2D eigenvalue weighted by atomic mass is 10.2. The highest BCUT2D eigenvalue weighted by molar-refractivity contribution is 5.71. The number of hydrogen-bond acceptors (Lipinski definition) is 3. The van der Waals surface area contributed by atoms with E-state index in [1.165, 1.54) is 0 Å². The van der Waals surface area contributed by atoms with Crippen molar-refractivity contribution in [3.8, 4) is 0 Å². The van der Waals surface area contributed by atoms with Gasteiger partial charge in [0, 0.05) is 26.2 Å². The Morgan fingerprint density at radius 3 is 2.89 bits per heavy atom. The molecule has 1 aliphatic rings. The molecular formula is C14H19N2O2. The summed E-state index contributed by atoms with van der Waals surface area (Å²) < 4.78 is 5.26. The van der Waals surface area contributed by atoms with Crippen LogP contribution in [0.4, 0.5) is 0 Å². The minimum absolute atomic E-state index is 0.152. The van der Waals surface area contributed by atoms with Gasteiger partial charge in [0.1, 0.15) is 6.61 Å². The molecule has 0 spiro atoms. The number of ether oxygens (including phenoxy) is 1. The molecule has 0 aromatic heterocycles. The highest BCUT2D eigenvalue weighted by Gasteiger charge is 2.13. The largest absolute Gasteiger partial charge is 0.460 e. The van der Waals surface area contributed by atoms with Gasteiger partial charge in [-0.3, -0.25) is 9.69 Å². The molecule has 0 bridgehead atoms. The minimum atomic E-state index is -0.152. The van der Waals surface area contributed by atoms with Gasteiger partial charge in [0.2, 0.25) is 0 Å². The topological polar surface area (TPSA) is 43.6 Å². The van der Waals surface area contributed by atoms with Gasteiger partial charge < -0.3 is 4.74 Å². The maximum Gasteiger partial charge on any atom is 0.320 e. The summed E-state index contributed by atoms with van der Waals surface area (Å²) in [5, 5.41) is 4.33. The molecule has 0 atom stereocenters. The summed E-state index contributed by atoms with van der Waals surface area (Å²) in [6.07, 6.45) is 1.03. The van der Waals surface area contributed by atoms with Crippen LogP contribution in [0.25, 0.3) is 0 Å². The predicted molar refractivity (Wildman–Crippen MR) is 69.2 cm³/mol. The van der Waals surface area contributed by atoms with Crippen LogP contribution in [0.3, 0.4) is 0 Å². The molecule has 4 nitrogen and oxygen atoms in total. The van der Waals surface area contributed by atoms with Crippen LogP contribution in [-0.4, -0.2) is 43.6 Å². The Balaban J connectivity index is 1.71. The second-order valence-corrected chi connectivity index (χ2v) is 4.45. The average Bonchev–Trinajstić information content (AvgIpc) is 2.66. The summed E-state index contributed by atoms with van der Waals surface area (Å²) in [4.78, 5) is 13.8. The second kappa shape index (κ2) is 7.13. The molecule has 0 aliphatic carbocycles. The Kier molecular flexibility index (Phi) is 5.17. The van der Waals surface area contributed by atoms with Crippen molar-refractivity contribution in [2.75, 3.05) is 32.7 Å². The van der Waals surface area contributed by atoms with Crippen molar-refractivity contribution in [1.82, 2.24) is 10.2 Å². The van der Waals surface area contributed by atoms with E-state index >= 15 is 0 Å². The molecule has 1 heterocycles. The molecule has 1 saturated heterocycles. The van der Waals surface area contributed by atoms with Gasteiger partial charge in [0.15, 0.2) is 0 Å². The molecule has 97 valence electrons. The molecule has 0 amide bonds. The summed E-state index contributed by atoms with van der Waals surface area (Å²) in [6.45, 7) is 4.27. The summed E-state index contributed by atoms with van der Waals surface area (Å²) >= 11 is 0. The lowest BCUT2D eigenvalue weighted by molar-refractivity contribution is -0.146. The fourth-order valence-electron chi connectivity index (χ4n) is 1.97. The van der Waals surface area contributed by atoms with Crippen LogP contribution >= 0.6 is 0 Å². The molecule has 1 radical (unpaired) electrons. The van der Waals surface area contributed by atoms with E-state index in [9.17, 15) is 4.79 Å². The van der Waals surface area contributed by atoms with Gasteiger partial charge in [0.05, 0.1) is 6.54 Å². The first-order valence-electron chi connectivity index (χ1n) is 6.40. The molecule has 1 aliphatic heterocycles. The number of esters is 1. The Morgan fingerprint density at radius 2 is 2.06 bits per heavy atom. The molecule has 2 rings (SSSR count). The number of hydrogen-bond donors (Lipinski definition) is 0. The lowest BCUT2D eigenvalue weighted by Crippen LogP contribution is -2.33. The Bertz CT molecular complexity index is 359. The van der Waals surface area contributed by atoms with Crippen LogP contribution in [-0.2, 0) is 16.1 Å². The zero-order chi connectivity index (χ0) is 12.6. The highest BCUT2D eigenvalue weighted by Crippen LogP contribution is 2.02. The lowest BCUT2D eigenvalue weighted by Gasteiger charge is -2.17. The van der Waals surface area contributed by atoms with Gasteiger partial charge in [-0.1, -0.05) is 30.3 Å². The van der Waals surface area contributed by atoms with Crippen molar-refractivity contribution in [2.24, 2.45) is 0 Å². The highest BCUT2D eigenvalue weighted by atomic mass is 16.5. The maximum absolute atomic E-state index is 11.7. The molecule has 0 unspecified atom stereocenters.